The lowest BCUT2D eigenvalue weighted by Crippen LogP contribution is -2.30. The van der Waals surface area contributed by atoms with E-state index in [9.17, 15) is 9.59 Å². The van der Waals surface area contributed by atoms with Crippen LogP contribution in [0.15, 0.2) is 36.9 Å². The van der Waals surface area contributed by atoms with Crippen molar-refractivity contribution in [2.24, 2.45) is 0 Å². The van der Waals surface area contributed by atoms with Crippen molar-refractivity contribution in [3.63, 3.8) is 0 Å². The Hall–Kier alpha value is -2.14. The summed E-state index contributed by atoms with van der Waals surface area (Å²) in [6, 6.07) is 6.94. The predicted molar refractivity (Wildman–Crippen MR) is 85.4 cm³/mol. The van der Waals surface area contributed by atoms with E-state index in [-0.39, 0.29) is 17.9 Å². The molecule has 1 rings (SSSR count). The van der Waals surface area contributed by atoms with E-state index in [1.54, 1.807) is 30.3 Å². The van der Waals surface area contributed by atoms with E-state index < -0.39 is 0 Å². The summed E-state index contributed by atoms with van der Waals surface area (Å²) in [5.41, 5.74) is 1.24. The minimum atomic E-state index is -0.159. The molecule has 21 heavy (non-hydrogen) atoms. The highest BCUT2D eigenvalue weighted by Crippen LogP contribution is 2.10. The lowest BCUT2D eigenvalue weighted by atomic mass is 10.2. The number of anilines is 1. The van der Waals surface area contributed by atoms with Gasteiger partial charge in [0.05, 0.1) is 0 Å². The van der Waals surface area contributed by atoms with Gasteiger partial charge in [0.15, 0.2) is 0 Å². The molecule has 0 aliphatic carbocycles. The molecule has 2 amide bonds. The highest BCUT2D eigenvalue weighted by atomic mass is 16.2. The number of nitrogens with one attached hydrogen (secondary N) is 3. The quantitative estimate of drug-likeness (QED) is 0.640. The number of benzene rings is 1. The lowest BCUT2D eigenvalue weighted by Gasteiger charge is -2.12. The Labute approximate surface area is 125 Å². The van der Waals surface area contributed by atoms with Crippen molar-refractivity contribution in [2.75, 3.05) is 18.4 Å². The van der Waals surface area contributed by atoms with Crippen LogP contribution in [0.2, 0.25) is 0 Å². The molecule has 1 aromatic rings. The van der Waals surface area contributed by atoms with Crippen molar-refractivity contribution in [3.8, 4) is 0 Å². The van der Waals surface area contributed by atoms with Crippen LogP contribution in [-0.4, -0.2) is 30.9 Å². The van der Waals surface area contributed by atoms with Crippen LogP contribution in [0.5, 0.6) is 0 Å². The van der Waals surface area contributed by atoms with Gasteiger partial charge in [-0.15, -0.1) is 6.58 Å². The molecule has 0 aliphatic rings. The van der Waals surface area contributed by atoms with E-state index in [2.05, 4.69) is 22.5 Å². The van der Waals surface area contributed by atoms with Crippen LogP contribution in [0.25, 0.3) is 0 Å². The van der Waals surface area contributed by atoms with E-state index in [0.717, 1.165) is 6.54 Å². The fourth-order valence-corrected chi connectivity index (χ4v) is 1.88. The molecular formula is C16H23N3O2. The van der Waals surface area contributed by atoms with Crippen LogP contribution >= 0.6 is 0 Å². The molecule has 0 bridgehead atoms. The standard InChI is InChI=1S/C16H23N3O2/c1-4-10-18-16(21)13-6-8-14(9-7-13)19-15(20)11-12(3)17-5-2/h4,6-9,12,17H,1,5,10-11H2,2-3H3,(H,18,21)(H,19,20). The maximum Gasteiger partial charge on any atom is 0.251 e. The molecule has 1 atom stereocenters. The molecule has 5 nitrogen and oxygen atoms in total. The maximum atomic E-state index is 11.8. The molecule has 0 saturated carbocycles. The molecule has 0 aromatic heterocycles. The molecule has 0 fully saturated rings. The molecule has 3 N–H and O–H groups in total. The van der Waals surface area contributed by atoms with Gasteiger partial charge in [-0.1, -0.05) is 13.0 Å². The number of amides is 2. The average Bonchev–Trinajstić information content (AvgIpc) is 2.45. The van der Waals surface area contributed by atoms with Gasteiger partial charge in [0.25, 0.3) is 5.91 Å². The van der Waals surface area contributed by atoms with Gasteiger partial charge >= 0.3 is 0 Å². The number of hydrogen-bond donors (Lipinski definition) is 3. The Morgan fingerprint density at radius 2 is 1.95 bits per heavy atom. The van der Waals surface area contributed by atoms with Crippen LogP contribution in [0.1, 0.15) is 30.6 Å². The van der Waals surface area contributed by atoms with Gasteiger partial charge in [-0.05, 0) is 37.7 Å². The van der Waals surface area contributed by atoms with Crippen LogP contribution in [0.4, 0.5) is 5.69 Å². The van der Waals surface area contributed by atoms with Gasteiger partial charge in [0, 0.05) is 30.3 Å². The van der Waals surface area contributed by atoms with Gasteiger partial charge in [0.1, 0.15) is 0 Å². The fraction of sp³-hybridized carbons (Fsp3) is 0.375. The van der Waals surface area contributed by atoms with Crippen molar-refractivity contribution < 1.29 is 9.59 Å². The van der Waals surface area contributed by atoms with E-state index in [0.29, 0.717) is 24.2 Å². The third-order valence-corrected chi connectivity index (χ3v) is 2.88. The Morgan fingerprint density at radius 3 is 2.52 bits per heavy atom. The van der Waals surface area contributed by atoms with E-state index in [4.69, 9.17) is 0 Å². The first-order valence-electron chi connectivity index (χ1n) is 7.09. The molecule has 114 valence electrons. The topological polar surface area (TPSA) is 70.2 Å². The lowest BCUT2D eigenvalue weighted by molar-refractivity contribution is -0.116. The van der Waals surface area contributed by atoms with Crippen LogP contribution in [-0.2, 0) is 4.79 Å². The summed E-state index contributed by atoms with van der Waals surface area (Å²) in [4.78, 5) is 23.5. The molecule has 0 radical (unpaired) electrons. The average molecular weight is 289 g/mol. The second-order valence-corrected chi connectivity index (χ2v) is 4.79. The van der Waals surface area contributed by atoms with Crippen molar-refractivity contribution in [3.05, 3.63) is 42.5 Å². The Kier molecular flexibility index (Phi) is 7.18. The minimum absolute atomic E-state index is 0.0488. The minimum Gasteiger partial charge on any atom is -0.349 e. The monoisotopic (exact) mass is 289 g/mol. The summed E-state index contributed by atoms with van der Waals surface area (Å²) < 4.78 is 0. The first-order valence-corrected chi connectivity index (χ1v) is 7.09. The first-order chi connectivity index (χ1) is 10.1. The largest absolute Gasteiger partial charge is 0.349 e. The molecule has 1 aromatic carbocycles. The predicted octanol–water partition coefficient (Wildman–Crippen LogP) is 1.93. The molecule has 0 saturated heterocycles. The second-order valence-electron chi connectivity index (χ2n) is 4.79. The summed E-state index contributed by atoms with van der Waals surface area (Å²) in [5, 5.41) is 8.69. The molecule has 5 heteroatoms. The van der Waals surface area contributed by atoms with E-state index in [1.165, 1.54) is 0 Å². The zero-order chi connectivity index (χ0) is 15.7. The summed E-state index contributed by atoms with van der Waals surface area (Å²) in [7, 11) is 0. The molecule has 1 unspecified atom stereocenters. The van der Waals surface area contributed by atoms with E-state index in [1.807, 2.05) is 13.8 Å². The van der Waals surface area contributed by atoms with Crippen molar-refractivity contribution in [1.82, 2.24) is 10.6 Å². The highest BCUT2D eigenvalue weighted by Gasteiger charge is 2.09. The van der Waals surface area contributed by atoms with Gasteiger partial charge in [-0.25, -0.2) is 0 Å². The van der Waals surface area contributed by atoms with Crippen LogP contribution in [0, 0.1) is 0 Å². The first kappa shape index (κ1) is 16.9. The number of carbonyl (C=O) groups excluding carboxylic acids is 2. The number of hydrogen-bond acceptors (Lipinski definition) is 3. The van der Waals surface area contributed by atoms with Gasteiger partial charge in [-0.3, -0.25) is 9.59 Å². The van der Waals surface area contributed by atoms with Crippen LogP contribution in [0.3, 0.4) is 0 Å². The SMILES string of the molecule is C=CCNC(=O)c1ccc(NC(=O)CC(C)NCC)cc1. The molecular weight excluding hydrogens is 266 g/mol. The second kappa shape index (κ2) is 8.92. The highest BCUT2D eigenvalue weighted by molar-refractivity contribution is 5.95. The van der Waals surface area contributed by atoms with Gasteiger partial charge < -0.3 is 16.0 Å². The maximum absolute atomic E-state index is 11.8. The summed E-state index contributed by atoms with van der Waals surface area (Å²) in [5.74, 6) is -0.208. The number of rotatable bonds is 8. The number of carbonyl (C=O) groups is 2. The summed E-state index contributed by atoms with van der Waals surface area (Å²) >= 11 is 0. The van der Waals surface area contributed by atoms with Crippen molar-refractivity contribution >= 4 is 17.5 Å². The molecule has 0 spiro atoms. The zero-order valence-electron chi connectivity index (χ0n) is 12.6. The smallest absolute Gasteiger partial charge is 0.251 e. The Balaban J connectivity index is 2.52. The van der Waals surface area contributed by atoms with Crippen molar-refractivity contribution in [2.45, 2.75) is 26.3 Å². The fourth-order valence-electron chi connectivity index (χ4n) is 1.88. The third kappa shape index (κ3) is 6.23. The Morgan fingerprint density at radius 1 is 1.29 bits per heavy atom. The van der Waals surface area contributed by atoms with Crippen molar-refractivity contribution in [1.29, 1.82) is 0 Å². The summed E-state index contributed by atoms with van der Waals surface area (Å²) in [6.45, 7) is 8.78. The van der Waals surface area contributed by atoms with Crippen LogP contribution < -0.4 is 16.0 Å². The Bertz CT molecular complexity index is 483. The third-order valence-electron chi connectivity index (χ3n) is 2.88. The van der Waals surface area contributed by atoms with E-state index >= 15 is 0 Å². The summed E-state index contributed by atoms with van der Waals surface area (Å²) in [6.07, 6.45) is 2.04. The van der Waals surface area contributed by atoms with Gasteiger partial charge in [0.2, 0.25) is 5.91 Å². The van der Waals surface area contributed by atoms with Gasteiger partial charge in [-0.2, -0.15) is 0 Å². The molecule has 0 heterocycles. The molecule has 0 aliphatic heterocycles. The zero-order valence-corrected chi connectivity index (χ0v) is 12.6. The normalized spacial score (nSPS) is 11.5.